The molecular weight excluding hydrogens is 709 g/mol. The van der Waals surface area contributed by atoms with E-state index in [2.05, 4.69) is 4.90 Å². The number of ether oxygens (including phenoxy) is 3. The maximum Gasteiger partial charge on any atom is 0.337 e. The lowest BCUT2D eigenvalue weighted by molar-refractivity contribution is -0.141. The number of anilines is 2. The summed E-state index contributed by atoms with van der Waals surface area (Å²) in [6.07, 6.45) is 8.12. The van der Waals surface area contributed by atoms with Crippen LogP contribution in [0.2, 0.25) is 0 Å². The standard InChI is InChI=1S/C41H48N4O8S/c1-51-38(47)26-45-36-25-30(41(48)52-2)13-17-34(36)39(28-8-5-4-6-9-28)40(45)29-11-15-33(16-12-29)53-27-31-24-32(44-19-7-10-37(44)46)14-18-35(31)42-20-22-43(23-21-42)54(3,49)50/h11-18,24-25,28H,4-10,19-23,26-27H2,1-3H3. The number of benzene rings is 3. The van der Waals surface area contributed by atoms with E-state index in [1.54, 1.807) is 12.1 Å². The third-order valence-electron chi connectivity index (χ3n) is 11.1. The lowest BCUT2D eigenvalue weighted by atomic mass is 9.82. The first-order chi connectivity index (χ1) is 26.0. The van der Waals surface area contributed by atoms with Crippen molar-refractivity contribution >= 4 is 50.1 Å². The van der Waals surface area contributed by atoms with Gasteiger partial charge in [-0.15, -0.1) is 0 Å². The van der Waals surface area contributed by atoms with Crippen LogP contribution >= 0.6 is 0 Å². The SMILES string of the molecule is COC(=O)Cn1c(-c2ccc(OCc3cc(N4CCCC4=O)ccc3N3CCN(S(C)(=O)=O)CC3)cc2)c(C2CCCCC2)c2ccc(C(=O)OC)cc21. The molecule has 13 heteroatoms. The van der Waals surface area contributed by atoms with Gasteiger partial charge in [0.25, 0.3) is 0 Å². The van der Waals surface area contributed by atoms with Gasteiger partial charge in [0.15, 0.2) is 0 Å². The summed E-state index contributed by atoms with van der Waals surface area (Å²) in [5.41, 5.74) is 6.89. The Morgan fingerprint density at radius 2 is 1.57 bits per heavy atom. The quantitative estimate of drug-likeness (QED) is 0.167. The summed E-state index contributed by atoms with van der Waals surface area (Å²) in [5, 5.41) is 1.01. The highest BCUT2D eigenvalue weighted by Gasteiger charge is 2.29. The molecule has 1 aliphatic carbocycles. The van der Waals surface area contributed by atoms with E-state index in [9.17, 15) is 22.8 Å². The van der Waals surface area contributed by atoms with E-state index in [0.29, 0.717) is 56.4 Å². The largest absolute Gasteiger partial charge is 0.489 e. The minimum atomic E-state index is -3.27. The number of hydrogen-bond donors (Lipinski definition) is 0. The number of piperazine rings is 1. The third-order valence-corrected chi connectivity index (χ3v) is 12.4. The predicted octanol–water partition coefficient (Wildman–Crippen LogP) is 6.10. The second-order valence-electron chi connectivity index (χ2n) is 14.4. The highest BCUT2D eigenvalue weighted by atomic mass is 32.2. The molecule has 0 spiro atoms. The lowest BCUT2D eigenvalue weighted by Crippen LogP contribution is -2.48. The Labute approximate surface area is 316 Å². The lowest BCUT2D eigenvalue weighted by Gasteiger charge is -2.36. The van der Waals surface area contributed by atoms with E-state index in [0.717, 1.165) is 71.2 Å². The molecule has 12 nitrogen and oxygen atoms in total. The van der Waals surface area contributed by atoms with Crippen LogP contribution in [0.15, 0.2) is 60.7 Å². The predicted molar refractivity (Wildman–Crippen MR) is 208 cm³/mol. The first-order valence-electron chi connectivity index (χ1n) is 18.7. The van der Waals surface area contributed by atoms with Crippen molar-refractivity contribution in [2.45, 2.75) is 64.0 Å². The van der Waals surface area contributed by atoms with E-state index < -0.39 is 22.0 Å². The maximum absolute atomic E-state index is 12.9. The highest BCUT2D eigenvalue weighted by molar-refractivity contribution is 7.88. The zero-order valence-corrected chi connectivity index (χ0v) is 32.0. The first kappa shape index (κ1) is 37.4. The van der Waals surface area contributed by atoms with Crippen LogP contribution in [-0.2, 0) is 42.2 Å². The molecule has 0 radical (unpaired) electrons. The van der Waals surface area contributed by atoms with Gasteiger partial charge in [0, 0.05) is 61.5 Å². The molecule has 7 rings (SSSR count). The van der Waals surface area contributed by atoms with Gasteiger partial charge in [0.05, 0.1) is 37.2 Å². The normalized spacial score (nSPS) is 17.3. The average Bonchev–Trinajstić information content (AvgIpc) is 3.77. The minimum Gasteiger partial charge on any atom is -0.489 e. The molecule has 3 fully saturated rings. The Balaban J connectivity index is 1.22. The van der Waals surface area contributed by atoms with Crippen LogP contribution < -0.4 is 14.5 Å². The van der Waals surface area contributed by atoms with Crippen LogP contribution in [0, 0.1) is 0 Å². The Bertz CT molecular complexity index is 2150. The van der Waals surface area contributed by atoms with Crippen molar-refractivity contribution in [3.8, 4) is 17.0 Å². The molecule has 3 aliphatic rings. The second kappa shape index (κ2) is 15.8. The summed E-state index contributed by atoms with van der Waals surface area (Å²) in [4.78, 5) is 42.1. The van der Waals surface area contributed by atoms with Gasteiger partial charge in [-0.2, -0.15) is 4.31 Å². The maximum atomic E-state index is 12.9. The summed E-state index contributed by atoms with van der Waals surface area (Å²) >= 11 is 0. The zero-order valence-electron chi connectivity index (χ0n) is 31.2. The van der Waals surface area contributed by atoms with E-state index in [-0.39, 0.29) is 19.1 Å². The number of amides is 1. The fourth-order valence-corrected chi connectivity index (χ4v) is 9.14. The van der Waals surface area contributed by atoms with Crippen LogP contribution in [0.25, 0.3) is 22.2 Å². The van der Waals surface area contributed by atoms with Gasteiger partial charge in [-0.05, 0) is 90.9 Å². The number of carbonyl (C=O) groups excluding carboxylic acids is 3. The molecule has 1 aromatic heterocycles. The fraction of sp³-hybridized carbons (Fsp3) is 0.439. The Hall–Kier alpha value is -4.88. The number of aromatic nitrogens is 1. The summed E-state index contributed by atoms with van der Waals surface area (Å²) in [6.45, 7) is 2.77. The van der Waals surface area contributed by atoms with E-state index in [1.165, 1.54) is 36.8 Å². The highest BCUT2D eigenvalue weighted by Crippen LogP contribution is 2.45. The molecule has 3 heterocycles. The number of nitrogens with zero attached hydrogens (tertiary/aromatic N) is 4. The molecule has 54 heavy (non-hydrogen) atoms. The molecular formula is C41H48N4O8S. The van der Waals surface area contributed by atoms with Gasteiger partial charge < -0.3 is 28.6 Å². The average molecular weight is 757 g/mol. The molecule has 3 aromatic carbocycles. The molecule has 286 valence electrons. The first-order valence-corrected chi connectivity index (χ1v) is 20.6. The van der Waals surface area contributed by atoms with Crippen LogP contribution in [0.3, 0.4) is 0 Å². The van der Waals surface area contributed by atoms with E-state index in [1.807, 2.05) is 58.0 Å². The van der Waals surface area contributed by atoms with E-state index in [4.69, 9.17) is 14.2 Å². The van der Waals surface area contributed by atoms with Crippen molar-refractivity contribution in [3.05, 3.63) is 77.4 Å². The number of rotatable bonds is 11. The smallest absolute Gasteiger partial charge is 0.337 e. The Morgan fingerprint density at radius 1 is 0.833 bits per heavy atom. The second-order valence-corrected chi connectivity index (χ2v) is 16.4. The monoisotopic (exact) mass is 756 g/mol. The summed E-state index contributed by atoms with van der Waals surface area (Å²) < 4.78 is 44.4. The van der Waals surface area contributed by atoms with Crippen LogP contribution in [0.1, 0.15) is 72.3 Å². The van der Waals surface area contributed by atoms with Crippen molar-refractivity contribution < 1.29 is 37.0 Å². The third kappa shape index (κ3) is 7.70. The molecule has 2 saturated heterocycles. The molecule has 1 amide bonds. The number of fused-ring (bicyclic) bond motifs is 1. The van der Waals surface area contributed by atoms with Crippen molar-refractivity contribution in [3.63, 3.8) is 0 Å². The van der Waals surface area contributed by atoms with Crippen molar-refractivity contribution in [1.29, 1.82) is 0 Å². The van der Waals surface area contributed by atoms with Crippen LogP contribution in [0.5, 0.6) is 5.75 Å². The number of methoxy groups -OCH3 is 2. The Kier molecular flexibility index (Phi) is 11.0. The van der Waals surface area contributed by atoms with Gasteiger partial charge >= 0.3 is 11.9 Å². The van der Waals surface area contributed by atoms with Gasteiger partial charge in [0.1, 0.15) is 18.9 Å². The number of sulfonamides is 1. The zero-order chi connectivity index (χ0) is 38.0. The number of esters is 2. The van der Waals surface area contributed by atoms with Crippen molar-refractivity contribution in [1.82, 2.24) is 8.87 Å². The van der Waals surface area contributed by atoms with E-state index >= 15 is 0 Å². The molecule has 4 aromatic rings. The molecule has 0 unspecified atom stereocenters. The van der Waals surface area contributed by atoms with Crippen molar-refractivity contribution in [2.24, 2.45) is 0 Å². The van der Waals surface area contributed by atoms with Crippen molar-refractivity contribution in [2.75, 3.05) is 63.0 Å². The minimum absolute atomic E-state index is 0.0188. The molecule has 0 bridgehead atoms. The van der Waals surface area contributed by atoms with Gasteiger partial charge in [0.2, 0.25) is 15.9 Å². The summed E-state index contributed by atoms with van der Waals surface area (Å²) in [7, 11) is -0.541. The van der Waals surface area contributed by atoms with Crippen LogP contribution in [-0.4, -0.2) is 88.3 Å². The fourth-order valence-electron chi connectivity index (χ4n) is 8.31. The topological polar surface area (TPSA) is 128 Å². The number of hydrogen-bond acceptors (Lipinski definition) is 9. The number of carbonyl (C=O) groups is 3. The Morgan fingerprint density at radius 3 is 2.22 bits per heavy atom. The molecule has 0 atom stereocenters. The van der Waals surface area contributed by atoms with Crippen LogP contribution in [0.4, 0.5) is 11.4 Å². The molecule has 1 saturated carbocycles. The van der Waals surface area contributed by atoms with Gasteiger partial charge in [-0.1, -0.05) is 25.3 Å². The molecule has 2 aliphatic heterocycles. The van der Waals surface area contributed by atoms with Gasteiger partial charge in [-0.3, -0.25) is 9.59 Å². The summed E-state index contributed by atoms with van der Waals surface area (Å²) in [6, 6.07) is 19.4. The van der Waals surface area contributed by atoms with Gasteiger partial charge in [-0.25, -0.2) is 13.2 Å². The molecule has 0 N–H and O–H groups in total. The summed E-state index contributed by atoms with van der Waals surface area (Å²) in [5.74, 6) is 0.213.